The number of carboxylic acid groups (broad SMARTS) is 1. The van der Waals surface area contributed by atoms with Gasteiger partial charge in [0.2, 0.25) is 11.8 Å². The number of amides is 3. The molecule has 9 nitrogen and oxygen atoms in total. The first kappa shape index (κ1) is 18.2. The van der Waals surface area contributed by atoms with Gasteiger partial charge in [0.15, 0.2) is 0 Å². The van der Waals surface area contributed by atoms with E-state index >= 15 is 0 Å². The first-order chi connectivity index (χ1) is 11.9. The lowest BCUT2D eigenvalue weighted by Crippen LogP contribution is -2.49. The van der Waals surface area contributed by atoms with E-state index in [2.05, 4.69) is 16.0 Å². The van der Waals surface area contributed by atoms with Gasteiger partial charge in [-0.1, -0.05) is 12.1 Å². The van der Waals surface area contributed by atoms with Gasteiger partial charge in [-0.05, 0) is 19.1 Å². The summed E-state index contributed by atoms with van der Waals surface area (Å²) in [6.45, 7) is 1.77. The molecule has 3 amide bonds. The van der Waals surface area contributed by atoms with E-state index in [0.717, 1.165) is 0 Å². The molecule has 9 heteroatoms. The van der Waals surface area contributed by atoms with Crippen LogP contribution < -0.4 is 20.7 Å². The first-order valence-corrected chi connectivity index (χ1v) is 7.71. The van der Waals surface area contributed by atoms with Crippen LogP contribution in [0.1, 0.15) is 23.7 Å². The molecule has 0 aromatic heterocycles. The Morgan fingerprint density at radius 1 is 1.20 bits per heavy atom. The highest BCUT2D eigenvalue weighted by Gasteiger charge is 2.26. The molecule has 1 aromatic carbocycles. The molecule has 0 unspecified atom stereocenters. The van der Waals surface area contributed by atoms with Crippen LogP contribution in [-0.4, -0.2) is 54.0 Å². The highest BCUT2D eigenvalue weighted by atomic mass is 16.5. The zero-order chi connectivity index (χ0) is 18.4. The zero-order valence-electron chi connectivity index (χ0n) is 13.6. The molecule has 0 aliphatic carbocycles. The predicted molar refractivity (Wildman–Crippen MR) is 86.1 cm³/mol. The maximum absolute atomic E-state index is 12.4. The number of para-hydroxylation sites is 1. The summed E-state index contributed by atoms with van der Waals surface area (Å²) in [7, 11) is 0. The number of hydrogen-bond acceptors (Lipinski definition) is 5. The lowest BCUT2D eigenvalue weighted by Gasteiger charge is -2.19. The maximum atomic E-state index is 12.4. The molecule has 134 valence electrons. The van der Waals surface area contributed by atoms with Crippen molar-refractivity contribution in [1.82, 2.24) is 16.0 Å². The largest absolute Gasteiger partial charge is 0.491 e. The Morgan fingerprint density at radius 2 is 1.92 bits per heavy atom. The van der Waals surface area contributed by atoms with Crippen molar-refractivity contribution in [1.29, 1.82) is 0 Å². The van der Waals surface area contributed by atoms with Crippen molar-refractivity contribution in [2.24, 2.45) is 0 Å². The van der Waals surface area contributed by atoms with E-state index < -0.39 is 42.2 Å². The van der Waals surface area contributed by atoms with E-state index in [1.54, 1.807) is 18.2 Å². The minimum Gasteiger partial charge on any atom is -0.491 e. The van der Waals surface area contributed by atoms with Gasteiger partial charge >= 0.3 is 5.97 Å². The van der Waals surface area contributed by atoms with Crippen LogP contribution in [0.15, 0.2) is 24.3 Å². The fourth-order valence-electron chi connectivity index (χ4n) is 2.26. The topological polar surface area (TPSA) is 134 Å². The van der Waals surface area contributed by atoms with Gasteiger partial charge in [-0.2, -0.15) is 0 Å². The highest BCUT2D eigenvalue weighted by molar-refractivity contribution is 6.00. The number of rotatable bonds is 1. The van der Waals surface area contributed by atoms with Crippen molar-refractivity contribution in [2.75, 3.05) is 13.2 Å². The number of carboxylic acids is 1. The summed E-state index contributed by atoms with van der Waals surface area (Å²) in [6.07, 6.45) is -0.498. The number of benzene rings is 1. The second-order valence-corrected chi connectivity index (χ2v) is 5.49. The summed E-state index contributed by atoms with van der Waals surface area (Å²) in [6, 6.07) is 4.05. The van der Waals surface area contributed by atoms with Gasteiger partial charge in [0.25, 0.3) is 5.91 Å². The molecule has 4 N–H and O–H groups in total. The molecule has 1 aliphatic rings. The van der Waals surface area contributed by atoms with Gasteiger partial charge in [0.05, 0.1) is 18.5 Å². The van der Waals surface area contributed by atoms with Crippen molar-refractivity contribution >= 4 is 23.7 Å². The fraction of sp³-hybridized carbons (Fsp3) is 0.375. The Kier molecular flexibility index (Phi) is 5.93. The zero-order valence-corrected chi connectivity index (χ0v) is 13.6. The Bertz CT molecular complexity index is 690. The molecular formula is C16H19N3O6. The van der Waals surface area contributed by atoms with E-state index in [-0.39, 0.29) is 24.5 Å². The van der Waals surface area contributed by atoms with Gasteiger partial charge in [0, 0.05) is 0 Å². The van der Waals surface area contributed by atoms with Gasteiger partial charge < -0.3 is 25.8 Å². The van der Waals surface area contributed by atoms with Crippen LogP contribution in [0.25, 0.3) is 0 Å². The Hall–Kier alpha value is -3.10. The van der Waals surface area contributed by atoms with Crippen LogP contribution >= 0.6 is 0 Å². The normalized spacial score (nSPS) is 22.4. The summed E-state index contributed by atoms with van der Waals surface area (Å²) in [4.78, 5) is 47.5. The minimum absolute atomic E-state index is 0.110. The molecule has 1 aromatic rings. The monoisotopic (exact) mass is 349 g/mol. The van der Waals surface area contributed by atoms with Crippen molar-refractivity contribution < 1.29 is 29.0 Å². The molecule has 0 fully saturated rings. The standard InChI is InChI=1S/C16H19N3O6/c1-9-14(21)17-6-7-25-12-5-3-2-4-10(12)15(22)19-11(16(23)24)8-13(20)18-9/h2-5,9,11H,6-8H2,1H3,(H,17,21)(H,18,20)(H,19,22)(H,23,24)/t9-,11-/m0/s1. The quantitative estimate of drug-likeness (QED) is 0.528. The van der Waals surface area contributed by atoms with Crippen LogP contribution in [0.4, 0.5) is 0 Å². The van der Waals surface area contributed by atoms with Crippen LogP contribution in [0.3, 0.4) is 0 Å². The molecule has 0 radical (unpaired) electrons. The van der Waals surface area contributed by atoms with Gasteiger partial charge in [0.1, 0.15) is 24.4 Å². The maximum Gasteiger partial charge on any atom is 0.326 e. The van der Waals surface area contributed by atoms with E-state index in [1.165, 1.54) is 13.0 Å². The number of fused-ring (bicyclic) bond motifs is 1. The predicted octanol–water partition coefficient (Wildman–Crippen LogP) is -0.727. The van der Waals surface area contributed by atoms with Crippen molar-refractivity contribution in [2.45, 2.75) is 25.4 Å². The average molecular weight is 349 g/mol. The molecule has 0 bridgehead atoms. The molecule has 2 atom stereocenters. The third kappa shape index (κ3) is 4.93. The second kappa shape index (κ2) is 8.13. The van der Waals surface area contributed by atoms with Crippen LogP contribution in [0, 0.1) is 0 Å². The number of ether oxygens (including phenoxy) is 1. The smallest absolute Gasteiger partial charge is 0.326 e. The summed E-state index contributed by atoms with van der Waals surface area (Å²) < 4.78 is 5.49. The molecule has 0 saturated carbocycles. The van der Waals surface area contributed by atoms with Gasteiger partial charge in [-0.3, -0.25) is 14.4 Å². The molecule has 0 spiro atoms. The minimum atomic E-state index is -1.43. The molecule has 1 heterocycles. The van der Waals surface area contributed by atoms with Gasteiger partial charge in [-0.15, -0.1) is 0 Å². The van der Waals surface area contributed by atoms with E-state index in [0.29, 0.717) is 0 Å². The lowest BCUT2D eigenvalue weighted by atomic mass is 10.1. The summed E-state index contributed by atoms with van der Waals surface area (Å²) in [5.41, 5.74) is 0.144. The Balaban J connectivity index is 2.28. The van der Waals surface area contributed by atoms with E-state index in [4.69, 9.17) is 4.74 Å². The fourth-order valence-corrected chi connectivity index (χ4v) is 2.26. The summed E-state index contributed by atoms with van der Waals surface area (Å²) in [5.74, 6) is -2.83. The average Bonchev–Trinajstić information content (AvgIpc) is 2.57. The SMILES string of the molecule is C[C@@H]1NC(=O)C[C@@H](C(=O)O)NC(=O)c2ccccc2OCCNC1=O. The molecular weight excluding hydrogens is 330 g/mol. The van der Waals surface area contributed by atoms with Gasteiger partial charge in [-0.25, -0.2) is 4.79 Å². The molecule has 2 rings (SSSR count). The molecule has 25 heavy (non-hydrogen) atoms. The number of carbonyl (C=O) groups excluding carboxylic acids is 3. The number of carbonyl (C=O) groups is 4. The van der Waals surface area contributed by atoms with Crippen molar-refractivity contribution in [3.05, 3.63) is 29.8 Å². The molecule has 1 aliphatic heterocycles. The summed E-state index contributed by atoms with van der Waals surface area (Å²) >= 11 is 0. The number of nitrogens with one attached hydrogen (secondary N) is 3. The first-order valence-electron chi connectivity index (χ1n) is 7.71. The van der Waals surface area contributed by atoms with Crippen LogP contribution in [-0.2, 0) is 14.4 Å². The van der Waals surface area contributed by atoms with E-state index in [9.17, 15) is 24.3 Å². The third-order valence-corrected chi connectivity index (χ3v) is 3.55. The van der Waals surface area contributed by atoms with Crippen molar-refractivity contribution in [3.8, 4) is 5.75 Å². The van der Waals surface area contributed by atoms with Crippen LogP contribution in [0.2, 0.25) is 0 Å². The third-order valence-electron chi connectivity index (χ3n) is 3.55. The van der Waals surface area contributed by atoms with Crippen molar-refractivity contribution in [3.63, 3.8) is 0 Å². The number of aliphatic carboxylic acids is 1. The lowest BCUT2D eigenvalue weighted by molar-refractivity contribution is -0.141. The second-order valence-electron chi connectivity index (χ2n) is 5.49. The highest BCUT2D eigenvalue weighted by Crippen LogP contribution is 2.18. The Labute approximate surface area is 143 Å². The summed E-state index contributed by atoms with van der Waals surface area (Å²) in [5, 5.41) is 16.5. The molecule has 0 saturated heterocycles. The Morgan fingerprint density at radius 3 is 2.64 bits per heavy atom. The van der Waals surface area contributed by atoms with Crippen LogP contribution in [0.5, 0.6) is 5.75 Å². The number of hydrogen-bond donors (Lipinski definition) is 4. The van der Waals surface area contributed by atoms with E-state index in [1.807, 2.05) is 0 Å².